The lowest BCUT2D eigenvalue weighted by molar-refractivity contribution is 0.102. The van der Waals surface area contributed by atoms with Crippen LogP contribution in [0.5, 0.6) is 5.75 Å². The maximum absolute atomic E-state index is 13.1. The predicted molar refractivity (Wildman–Crippen MR) is 145 cm³/mol. The molecule has 0 unspecified atom stereocenters. The quantitative estimate of drug-likeness (QED) is 0.264. The van der Waals surface area contributed by atoms with Gasteiger partial charge in [0.05, 0.1) is 7.11 Å². The fourth-order valence-electron chi connectivity index (χ4n) is 4.62. The second-order valence-electron chi connectivity index (χ2n) is 9.72. The maximum Gasteiger partial charge on any atom is 0.255 e. The number of carbonyl (C=O) groups is 2. The highest BCUT2D eigenvalue weighted by Gasteiger charge is 2.28. The Bertz CT molecular complexity index is 1500. The van der Waals surface area contributed by atoms with Crippen molar-refractivity contribution in [2.75, 3.05) is 12.4 Å². The molecule has 0 saturated carbocycles. The highest BCUT2D eigenvalue weighted by Crippen LogP contribution is 2.32. The van der Waals surface area contributed by atoms with Crippen molar-refractivity contribution < 1.29 is 14.3 Å². The largest absolute Gasteiger partial charge is 0.497 e. The molecule has 1 amide bonds. The van der Waals surface area contributed by atoms with Crippen molar-refractivity contribution in [3.05, 3.63) is 113 Å². The molecule has 1 aliphatic heterocycles. The van der Waals surface area contributed by atoms with E-state index in [4.69, 9.17) is 4.74 Å². The summed E-state index contributed by atoms with van der Waals surface area (Å²) in [5, 5.41) is 8.51. The summed E-state index contributed by atoms with van der Waals surface area (Å²) in [4.78, 5) is 25.9. The summed E-state index contributed by atoms with van der Waals surface area (Å²) >= 11 is 0. The van der Waals surface area contributed by atoms with Gasteiger partial charge in [0.1, 0.15) is 5.75 Å². The molecule has 4 aromatic rings. The number of anilines is 1. The number of methoxy groups -OCH3 is 1. The lowest BCUT2D eigenvalue weighted by Gasteiger charge is -2.35. The third-order valence-electron chi connectivity index (χ3n) is 6.43. The first-order valence-corrected chi connectivity index (χ1v) is 11.9. The summed E-state index contributed by atoms with van der Waals surface area (Å²) in [7, 11) is 1.64. The number of fused-ring (bicyclic) bond motifs is 2. The molecule has 5 rings (SSSR count). The van der Waals surface area contributed by atoms with E-state index in [0.717, 1.165) is 34.2 Å². The van der Waals surface area contributed by atoms with Gasteiger partial charge >= 0.3 is 0 Å². The van der Waals surface area contributed by atoms with Gasteiger partial charge in [-0.25, -0.2) is 0 Å². The van der Waals surface area contributed by atoms with Crippen LogP contribution in [0.25, 0.3) is 16.5 Å². The van der Waals surface area contributed by atoms with Gasteiger partial charge in [0.25, 0.3) is 5.91 Å². The molecular weight excluding hydrogens is 448 g/mol. The lowest BCUT2D eigenvalue weighted by atomic mass is 9.85. The third-order valence-corrected chi connectivity index (χ3v) is 6.43. The molecule has 2 N–H and O–H groups in total. The SMILES string of the molecule is COc1ccc2c(c1)/C(=C/C(=O)c1ccc(NC(=O)c3ccc4ccccc4c3)cc1)NC(C)(C)C2. The van der Waals surface area contributed by atoms with E-state index in [1.165, 1.54) is 5.56 Å². The first-order chi connectivity index (χ1) is 17.3. The predicted octanol–water partition coefficient (Wildman–Crippen LogP) is 6.25. The number of rotatable bonds is 5. The Labute approximate surface area is 210 Å². The van der Waals surface area contributed by atoms with Crippen LogP contribution in [0, 0.1) is 0 Å². The van der Waals surface area contributed by atoms with E-state index >= 15 is 0 Å². The van der Waals surface area contributed by atoms with Crippen molar-refractivity contribution in [2.45, 2.75) is 25.8 Å². The van der Waals surface area contributed by atoms with Gasteiger partial charge in [-0.05, 0) is 85.1 Å². The molecule has 0 saturated heterocycles. The zero-order valence-corrected chi connectivity index (χ0v) is 20.6. The van der Waals surface area contributed by atoms with E-state index in [2.05, 4.69) is 30.5 Å². The van der Waals surface area contributed by atoms with Gasteiger partial charge in [0.15, 0.2) is 5.78 Å². The number of ether oxygens (including phenoxy) is 1. The van der Waals surface area contributed by atoms with Crippen molar-refractivity contribution in [1.29, 1.82) is 0 Å². The minimum Gasteiger partial charge on any atom is -0.497 e. The molecule has 36 heavy (non-hydrogen) atoms. The molecule has 0 atom stereocenters. The highest BCUT2D eigenvalue weighted by atomic mass is 16.5. The van der Waals surface area contributed by atoms with Crippen molar-refractivity contribution in [2.24, 2.45) is 0 Å². The second-order valence-corrected chi connectivity index (χ2v) is 9.72. The zero-order chi connectivity index (χ0) is 25.3. The summed E-state index contributed by atoms with van der Waals surface area (Å²) in [6, 6.07) is 26.5. The van der Waals surface area contributed by atoms with E-state index in [1.54, 1.807) is 37.5 Å². The fourth-order valence-corrected chi connectivity index (χ4v) is 4.62. The molecule has 0 spiro atoms. The first-order valence-electron chi connectivity index (χ1n) is 11.9. The topological polar surface area (TPSA) is 67.4 Å². The van der Waals surface area contributed by atoms with Crippen LogP contribution in [-0.4, -0.2) is 24.3 Å². The van der Waals surface area contributed by atoms with E-state index in [-0.39, 0.29) is 17.2 Å². The molecule has 5 heteroatoms. The van der Waals surface area contributed by atoms with E-state index in [9.17, 15) is 9.59 Å². The minimum absolute atomic E-state index is 0.114. The average molecular weight is 477 g/mol. The van der Waals surface area contributed by atoms with Gasteiger partial charge in [-0.15, -0.1) is 0 Å². The Morgan fingerprint density at radius 1 is 0.889 bits per heavy atom. The number of ketones is 1. The van der Waals surface area contributed by atoms with Crippen molar-refractivity contribution in [1.82, 2.24) is 5.32 Å². The Hall–Kier alpha value is -4.38. The van der Waals surface area contributed by atoms with Gasteiger partial charge < -0.3 is 15.4 Å². The molecule has 180 valence electrons. The molecule has 0 aliphatic carbocycles. The Balaban J connectivity index is 1.34. The van der Waals surface area contributed by atoms with Gasteiger partial charge in [-0.1, -0.05) is 36.4 Å². The van der Waals surface area contributed by atoms with Crippen LogP contribution in [0.1, 0.15) is 45.7 Å². The van der Waals surface area contributed by atoms with Crippen LogP contribution in [0.4, 0.5) is 5.69 Å². The van der Waals surface area contributed by atoms with Crippen LogP contribution >= 0.6 is 0 Å². The average Bonchev–Trinajstić information content (AvgIpc) is 2.88. The van der Waals surface area contributed by atoms with E-state index < -0.39 is 0 Å². The second kappa shape index (κ2) is 9.34. The molecule has 0 bridgehead atoms. The first kappa shape index (κ1) is 23.4. The van der Waals surface area contributed by atoms with Gasteiger partial charge in [-0.3, -0.25) is 9.59 Å². The standard InChI is InChI=1S/C31H28N2O3/c1-31(2)19-24-12-15-26(36-3)17-27(24)28(33-31)18-29(34)21-10-13-25(14-11-21)32-30(35)23-9-8-20-6-4-5-7-22(20)16-23/h4-18,33H,19H2,1-3H3,(H,32,35)/b28-18-. The number of amides is 1. The molecule has 0 radical (unpaired) electrons. The molecular formula is C31H28N2O3. The van der Waals surface area contributed by atoms with Gasteiger partial charge in [0, 0.05) is 39.7 Å². The Morgan fingerprint density at radius 2 is 1.61 bits per heavy atom. The van der Waals surface area contributed by atoms with Crippen LogP contribution in [-0.2, 0) is 6.42 Å². The number of hydrogen-bond acceptors (Lipinski definition) is 4. The molecule has 1 aliphatic rings. The van der Waals surface area contributed by atoms with Crippen LogP contribution in [0.3, 0.4) is 0 Å². The fraction of sp³-hybridized carbons (Fsp3) is 0.161. The third kappa shape index (κ3) is 4.86. The summed E-state index contributed by atoms with van der Waals surface area (Å²) in [5.41, 5.74) is 4.50. The summed E-state index contributed by atoms with van der Waals surface area (Å²) in [6.07, 6.45) is 2.49. The molecule has 0 aromatic heterocycles. The van der Waals surface area contributed by atoms with Crippen LogP contribution in [0.2, 0.25) is 0 Å². The van der Waals surface area contributed by atoms with Crippen molar-refractivity contribution in [3.63, 3.8) is 0 Å². The number of benzene rings is 4. The molecule has 4 aromatic carbocycles. The van der Waals surface area contributed by atoms with Crippen LogP contribution in [0.15, 0.2) is 91.0 Å². The Morgan fingerprint density at radius 3 is 2.36 bits per heavy atom. The normalized spacial score (nSPS) is 15.1. The zero-order valence-electron chi connectivity index (χ0n) is 20.6. The minimum atomic E-state index is -0.193. The lowest BCUT2D eigenvalue weighted by Crippen LogP contribution is -2.43. The molecule has 5 nitrogen and oxygen atoms in total. The number of nitrogens with one attached hydrogen (secondary N) is 2. The molecule has 1 heterocycles. The number of allylic oxidation sites excluding steroid dienone is 1. The number of hydrogen-bond donors (Lipinski definition) is 2. The smallest absolute Gasteiger partial charge is 0.255 e. The van der Waals surface area contributed by atoms with Crippen LogP contribution < -0.4 is 15.4 Å². The monoisotopic (exact) mass is 476 g/mol. The summed E-state index contributed by atoms with van der Waals surface area (Å²) in [5.74, 6) is 0.442. The van der Waals surface area contributed by atoms with Crippen molar-refractivity contribution in [3.8, 4) is 5.75 Å². The summed E-state index contributed by atoms with van der Waals surface area (Å²) in [6.45, 7) is 4.23. The van der Waals surface area contributed by atoms with Gasteiger partial charge in [-0.2, -0.15) is 0 Å². The van der Waals surface area contributed by atoms with E-state index in [1.807, 2.05) is 54.6 Å². The molecule has 0 fully saturated rings. The van der Waals surface area contributed by atoms with Gasteiger partial charge in [0.2, 0.25) is 0 Å². The number of carbonyl (C=O) groups excluding carboxylic acids is 2. The Kier molecular flexibility index (Phi) is 6.06. The van der Waals surface area contributed by atoms with E-state index in [0.29, 0.717) is 16.8 Å². The maximum atomic E-state index is 13.1. The summed E-state index contributed by atoms with van der Waals surface area (Å²) < 4.78 is 5.39. The van der Waals surface area contributed by atoms with Crippen molar-refractivity contribution >= 4 is 33.8 Å². The highest BCUT2D eigenvalue weighted by molar-refractivity contribution is 6.10.